The van der Waals surface area contributed by atoms with E-state index >= 15 is 0 Å². The SMILES string of the molecule is CC(NC(=O)C1(C)CCCCN1)C(=O)N1CCCCC1. The van der Waals surface area contributed by atoms with E-state index < -0.39 is 11.6 Å². The standard InChI is InChI=1S/C15H27N3O2/c1-12(13(19)18-10-6-3-7-11-18)17-14(20)15(2)8-4-5-9-16-15/h12,16H,3-11H2,1-2H3,(H,17,20). The van der Waals surface area contributed by atoms with E-state index in [4.69, 9.17) is 0 Å². The van der Waals surface area contributed by atoms with E-state index in [1.807, 2.05) is 11.8 Å². The van der Waals surface area contributed by atoms with Crippen molar-refractivity contribution < 1.29 is 9.59 Å². The van der Waals surface area contributed by atoms with E-state index in [2.05, 4.69) is 10.6 Å². The molecule has 20 heavy (non-hydrogen) atoms. The fourth-order valence-electron chi connectivity index (χ4n) is 3.06. The molecule has 0 aliphatic carbocycles. The summed E-state index contributed by atoms with van der Waals surface area (Å²) in [5.74, 6) is 0.00696. The molecule has 0 aromatic rings. The van der Waals surface area contributed by atoms with Crippen LogP contribution in [0.1, 0.15) is 52.4 Å². The molecule has 0 saturated carbocycles. The Kier molecular flexibility index (Phi) is 5.02. The van der Waals surface area contributed by atoms with E-state index in [9.17, 15) is 9.59 Å². The minimum atomic E-state index is -0.519. The molecule has 2 unspecified atom stereocenters. The molecule has 0 spiro atoms. The highest BCUT2D eigenvalue weighted by molar-refractivity contribution is 5.91. The van der Waals surface area contributed by atoms with Crippen molar-refractivity contribution in [1.29, 1.82) is 0 Å². The second kappa shape index (κ2) is 6.57. The van der Waals surface area contributed by atoms with E-state index in [1.54, 1.807) is 6.92 Å². The molecule has 2 heterocycles. The zero-order chi connectivity index (χ0) is 14.6. The lowest BCUT2D eigenvalue weighted by molar-refractivity contribution is -0.138. The van der Waals surface area contributed by atoms with Gasteiger partial charge in [-0.15, -0.1) is 0 Å². The van der Waals surface area contributed by atoms with E-state index in [1.165, 1.54) is 6.42 Å². The van der Waals surface area contributed by atoms with Gasteiger partial charge in [0.15, 0.2) is 0 Å². The number of hydrogen-bond acceptors (Lipinski definition) is 3. The lowest BCUT2D eigenvalue weighted by atomic mass is 9.90. The van der Waals surface area contributed by atoms with Crippen molar-refractivity contribution in [2.45, 2.75) is 64.0 Å². The molecule has 0 aromatic heterocycles. The lowest BCUT2D eigenvalue weighted by Crippen LogP contribution is -2.60. The molecule has 5 heteroatoms. The maximum absolute atomic E-state index is 12.4. The first kappa shape index (κ1) is 15.3. The second-order valence-corrected chi connectivity index (χ2v) is 6.30. The third kappa shape index (κ3) is 3.51. The molecule has 114 valence electrons. The summed E-state index contributed by atoms with van der Waals surface area (Å²) in [5.41, 5.74) is -0.519. The number of amides is 2. The molecule has 0 bridgehead atoms. The van der Waals surface area contributed by atoms with Crippen LogP contribution in [-0.2, 0) is 9.59 Å². The monoisotopic (exact) mass is 281 g/mol. The average molecular weight is 281 g/mol. The molecular weight excluding hydrogens is 254 g/mol. The summed E-state index contributed by atoms with van der Waals surface area (Å²) < 4.78 is 0. The summed E-state index contributed by atoms with van der Waals surface area (Å²) in [7, 11) is 0. The predicted molar refractivity (Wildman–Crippen MR) is 78.3 cm³/mol. The molecular formula is C15H27N3O2. The van der Waals surface area contributed by atoms with E-state index in [0.717, 1.165) is 51.7 Å². The maximum Gasteiger partial charge on any atom is 0.244 e. The average Bonchev–Trinajstić information content (AvgIpc) is 2.48. The van der Waals surface area contributed by atoms with Crippen LogP contribution >= 0.6 is 0 Å². The van der Waals surface area contributed by atoms with Gasteiger partial charge in [0.1, 0.15) is 6.04 Å². The maximum atomic E-state index is 12.4. The zero-order valence-corrected chi connectivity index (χ0v) is 12.7. The minimum absolute atomic E-state index is 0.0462. The summed E-state index contributed by atoms with van der Waals surface area (Å²) in [4.78, 5) is 26.6. The molecule has 2 saturated heterocycles. The van der Waals surface area contributed by atoms with Crippen molar-refractivity contribution in [3.63, 3.8) is 0 Å². The van der Waals surface area contributed by atoms with Gasteiger partial charge < -0.3 is 15.5 Å². The Morgan fingerprint density at radius 1 is 1.15 bits per heavy atom. The topological polar surface area (TPSA) is 61.4 Å². The van der Waals surface area contributed by atoms with Crippen LogP contribution in [0.5, 0.6) is 0 Å². The number of likely N-dealkylation sites (tertiary alicyclic amines) is 1. The highest BCUT2D eigenvalue weighted by atomic mass is 16.2. The first-order valence-corrected chi connectivity index (χ1v) is 7.88. The molecule has 2 aliphatic heterocycles. The molecule has 2 fully saturated rings. The van der Waals surface area contributed by atoms with Crippen LogP contribution in [-0.4, -0.2) is 47.9 Å². The molecule has 2 amide bonds. The lowest BCUT2D eigenvalue weighted by Gasteiger charge is -2.35. The fourth-order valence-corrected chi connectivity index (χ4v) is 3.06. The summed E-state index contributed by atoms with van der Waals surface area (Å²) in [6, 6.07) is -0.429. The Morgan fingerprint density at radius 2 is 1.85 bits per heavy atom. The first-order chi connectivity index (χ1) is 9.53. The summed E-state index contributed by atoms with van der Waals surface area (Å²) in [5, 5.41) is 6.18. The molecule has 2 atom stereocenters. The van der Waals surface area contributed by atoms with Crippen LogP contribution in [0.4, 0.5) is 0 Å². The van der Waals surface area contributed by atoms with Gasteiger partial charge >= 0.3 is 0 Å². The van der Waals surface area contributed by atoms with Gasteiger partial charge in [-0.2, -0.15) is 0 Å². The van der Waals surface area contributed by atoms with Gasteiger partial charge in [0.05, 0.1) is 5.54 Å². The number of rotatable bonds is 3. The van der Waals surface area contributed by atoms with Crippen LogP contribution in [0.25, 0.3) is 0 Å². The Hall–Kier alpha value is -1.10. The Balaban J connectivity index is 1.87. The number of nitrogens with one attached hydrogen (secondary N) is 2. The van der Waals surface area contributed by atoms with Crippen molar-refractivity contribution >= 4 is 11.8 Å². The molecule has 2 N–H and O–H groups in total. The number of hydrogen-bond donors (Lipinski definition) is 2. The van der Waals surface area contributed by atoms with Gasteiger partial charge in [-0.3, -0.25) is 9.59 Å². The molecule has 5 nitrogen and oxygen atoms in total. The van der Waals surface area contributed by atoms with Crippen molar-refractivity contribution in [2.75, 3.05) is 19.6 Å². The van der Waals surface area contributed by atoms with Gasteiger partial charge in [0.2, 0.25) is 11.8 Å². The van der Waals surface area contributed by atoms with Crippen LogP contribution in [0.3, 0.4) is 0 Å². The quantitative estimate of drug-likeness (QED) is 0.812. The molecule has 0 radical (unpaired) electrons. The number of nitrogens with zero attached hydrogens (tertiary/aromatic N) is 1. The Morgan fingerprint density at radius 3 is 2.45 bits per heavy atom. The number of carbonyl (C=O) groups excluding carboxylic acids is 2. The minimum Gasteiger partial charge on any atom is -0.343 e. The third-order valence-corrected chi connectivity index (χ3v) is 4.51. The summed E-state index contributed by atoms with van der Waals surface area (Å²) in [6.45, 7) is 6.25. The van der Waals surface area contributed by atoms with Gasteiger partial charge in [-0.05, 0) is 58.9 Å². The largest absolute Gasteiger partial charge is 0.343 e. The van der Waals surface area contributed by atoms with Crippen LogP contribution in [0, 0.1) is 0 Å². The van der Waals surface area contributed by atoms with Gasteiger partial charge in [-0.1, -0.05) is 0 Å². The third-order valence-electron chi connectivity index (χ3n) is 4.51. The molecule has 2 aliphatic rings. The van der Waals surface area contributed by atoms with Crippen LogP contribution < -0.4 is 10.6 Å². The molecule has 2 rings (SSSR count). The fraction of sp³-hybridized carbons (Fsp3) is 0.867. The van der Waals surface area contributed by atoms with Crippen LogP contribution in [0.15, 0.2) is 0 Å². The molecule has 0 aromatic carbocycles. The summed E-state index contributed by atoms with van der Waals surface area (Å²) in [6.07, 6.45) is 6.36. The zero-order valence-electron chi connectivity index (χ0n) is 12.7. The second-order valence-electron chi connectivity index (χ2n) is 6.30. The van der Waals surface area contributed by atoms with E-state index in [0.29, 0.717) is 0 Å². The number of piperidine rings is 2. The smallest absolute Gasteiger partial charge is 0.244 e. The Bertz CT molecular complexity index is 358. The highest BCUT2D eigenvalue weighted by Crippen LogP contribution is 2.19. The van der Waals surface area contributed by atoms with Gasteiger partial charge in [0.25, 0.3) is 0 Å². The van der Waals surface area contributed by atoms with Gasteiger partial charge in [-0.25, -0.2) is 0 Å². The van der Waals surface area contributed by atoms with Gasteiger partial charge in [0, 0.05) is 13.1 Å². The first-order valence-electron chi connectivity index (χ1n) is 7.88. The predicted octanol–water partition coefficient (Wildman–Crippen LogP) is 1.04. The Labute approximate surface area is 121 Å². The van der Waals surface area contributed by atoms with E-state index in [-0.39, 0.29) is 11.8 Å². The highest BCUT2D eigenvalue weighted by Gasteiger charge is 2.36. The van der Waals surface area contributed by atoms with Crippen LogP contribution in [0.2, 0.25) is 0 Å². The normalized spacial score (nSPS) is 28.8. The van der Waals surface area contributed by atoms with Crippen molar-refractivity contribution in [3.8, 4) is 0 Å². The van der Waals surface area contributed by atoms with Crippen molar-refractivity contribution in [3.05, 3.63) is 0 Å². The van der Waals surface area contributed by atoms with Crippen molar-refractivity contribution in [2.24, 2.45) is 0 Å². The van der Waals surface area contributed by atoms with Crippen molar-refractivity contribution in [1.82, 2.24) is 15.5 Å². The number of carbonyl (C=O) groups is 2. The summed E-state index contributed by atoms with van der Waals surface area (Å²) >= 11 is 0.